The molecule has 6 fully saturated rings. The number of nitrogens with one attached hydrogen (secondary N) is 2. The lowest BCUT2D eigenvalue weighted by molar-refractivity contribution is -0.137. The second kappa shape index (κ2) is 39.7. The van der Waals surface area contributed by atoms with E-state index in [-0.39, 0.29) is 59.5 Å². The van der Waals surface area contributed by atoms with Gasteiger partial charge in [0.25, 0.3) is 0 Å². The van der Waals surface area contributed by atoms with Gasteiger partial charge in [-0.25, -0.2) is 15.0 Å². The van der Waals surface area contributed by atoms with Gasteiger partial charge in [-0.05, 0) is 305 Å². The van der Waals surface area contributed by atoms with Crippen LogP contribution in [0.2, 0.25) is 5.28 Å². The first-order valence-electron chi connectivity index (χ1n) is 43.9. The number of aliphatic carboxylic acids is 1. The van der Waals surface area contributed by atoms with Crippen molar-refractivity contribution >= 4 is 140 Å². The molecule has 6 aromatic heterocycles. The molecule has 121 heavy (non-hydrogen) atoms. The number of hydrogen-bond acceptors (Lipinski definition) is 27. The van der Waals surface area contributed by atoms with Crippen molar-refractivity contribution in [1.82, 2.24) is 59.3 Å². The average Bonchev–Trinajstić information content (AvgIpc) is 1.60. The van der Waals surface area contributed by atoms with Crippen LogP contribution in [0.25, 0.3) is 30.6 Å². The molecule has 3 aromatic carbocycles. The first-order chi connectivity index (χ1) is 58.3. The lowest BCUT2D eigenvalue weighted by atomic mass is 9.92. The van der Waals surface area contributed by atoms with E-state index in [0.29, 0.717) is 60.5 Å². The van der Waals surface area contributed by atoms with Crippen molar-refractivity contribution in [2.24, 2.45) is 5.73 Å². The van der Waals surface area contributed by atoms with Crippen LogP contribution in [0.15, 0.2) is 72.8 Å². The zero-order valence-corrected chi connectivity index (χ0v) is 75.5. The largest absolute Gasteiger partial charge is 0.481 e. The third kappa shape index (κ3) is 21.7. The number of hydrogen-bond donors (Lipinski definition) is 5. The minimum absolute atomic E-state index is 0.0161. The minimum Gasteiger partial charge on any atom is -0.481 e. The fourth-order valence-electron chi connectivity index (χ4n) is 19.2. The Morgan fingerprint density at radius 2 is 0.752 bits per heavy atom. The van der Waals surface area contributed by atoms with Gasteiger partial charge in [0, 0.05) is 158 Å². The normalized spacial score (nSPS) is 23.3. The van der Waals surface area contributed by atoms with Crippen LogP contribution in [0, 0.1) is 0 Å². The Labute approximate surface area is 730 Å². The predicted molar refractivity (Wildman–Crippen MR) is 492 cm³/mol. The van der Waals surface area contributed by atoms with E-state index in [2.05, 4.69) is 189 Å². The van der Waals surface area contributed by atoms with Gasteiger partial charge in [-0.3, -0.25) is 9.59 Å². The Balaban J connectivity index is 0.000000133. The molecular formula is C91H124ClN19O7S3. The number of ether oxygens (including phenoxy) is 3. The molecule has 0 radical (unpaired) electrons. The molecule has 9 heterocycles. The van der Waals surface area contributed by atoms with Gasteiger partial charge in [-0.1, -0.05) is 0 Å². The maximum absolute atomic E-state index is 11.9. The molecule has 3 aliphatic heterocycles. The molecule has 9 aromatic rings. The molecule has 650 valence electrons. The number of carbonyl (C=O) groups excluding carboxylic acids is 2. The maximum Gasteiger partial charge on any atom is 0.303 e. The molecule has 26 nitrogen and oxygen atoms in total. The number of carboxylic acid groups (broad SMARTS) is 1. The number of anilines is 8. The van der Waals surface area contributed by atoms with Gasteiger partial charge >= 0.3 is 5.97 Å². The quantitative estimate of drug-likeness (QED) is 0.0311. The number of aryl methyl sites for hydroxylation is 3. The van der Waals surface area contributed by atoms with Gasteiger partial charge in [0.15, 0.2) is 0 Å². The Bertz CT molecular complexity index is 4790. The van der Waals surface area contributed by atoms with Crippen LogP contribution >= 0.6 is 45.6 Å². The Morgan fingerprint density at radius 3 is 1.07 bits per heavy atom. The second-order valence-corrected chi connectivity index (χ2v) is 39.2. The van der Waals surface area contributed by atoms with Gasteiger partial charge in [0.2, 0.25) is 40.7 Å². The number of likely N-dealkylation sites (N-methyl/N-ethyl adjacent to an activating group) is 3. The molecule has 3 atom stereocenters. The van der Waals surface area contributed by atoms with Crippen molar-refractivity contribution in [1.29, 1.82) is 0 Å². The van der Waals surface area contributed by atoms with Crippen LogP contribution in [0.4, 0.5) is 46.0 Å². The first-order valence-corrected chi connectivity index (χ1v) is 46.7. The van der Waals surface area contributed by atoms with Crippen LogP contribution in [-0.4, -0.2) is 260 Å². The highest BCUT2D eigenvalue weighted by atomic mass is 35.5. The van der Waals surface area contributed by atoms with E-state index in [1.165, 1.54) is 42.8 Å². The molecule has 1 amide bonds. The highest BCUT2D eigenvalue weighted by Crippen LogP contribution is 2.52. The van der Waals surface area contributed by atoms with Crippen molar-refractivity contribution in [2.75, 3.05) is 173 Å². The van der Waals surface area contributed by atoms with Crippen molar-refractivity contribution in [3.8, 4) is 17.6 Å². The third-order valence-corrected chi connectivity index (χ3v) is 30.0. The Hall–Kier alpha value is -8.36. The number of rotatable bonds is 22. The number of nitrogens with two attached hydrogens (primary N) is 2. The molecule has 30 heteroatoms. The summed E-state index contributed by atoms with van der Waals surface area (Å²) in [6.07, 6.45) is 19.8. The Kier molecular flexibility index (Phi) is 28.7. The monoisotopic (exact) mass is 1730 g/mol. The predicted octanol–water partition coefficient (Wildman–Crippen LogP) is 14.9. The number of benzene rings is 3. The number of primary amides is 1. The second-order valence-electron chi connectivity index (χ2n) is 35.6. The van der Waals surface area contributed by atoms with E-state index >= 15 is 0 Å². The topological polar surface area (TPSA) is 282 Å². The molecular weight excluding hydrogens is 1600 g/mol. The maximum atomic E-state index is 11.9. The number of halogens is 1. The van der Waals surface area contributed by atoms with E-state index in [9.17, 15) is 19.5 Å². The van der Waals surface area contributed by atoms with E-state index in [1.54, 1.807) is 40.9 Å². The number of carboxylic acids is 1. The summed E-state index contributed by atoms with van der Waals surface area (Å²) in [6, 6.07) is 27.0. The molecule has 9 aliphatic rings. The summed E-state index contributed by atoms with van der Waals surface area (Å²) in [4.78, 5) is 91.6. The molecule has 3 saturated carbocycles. The summed E-state index contributed by atoms with van der Waals surface area (Å²) in [5, 5.41) is 19.6. The first kappa shape index (κ1) is 87.5. The summed E-state index contributed by atoms with van der Waals surface area (Å²) in [5.74, 6) is 2.47. The zero-order chi connectivity index (χ0) is 84.7. The standard InChI is InChI=1S/C30H41N7O2S.C30H40N6O3S.C20H26ClN3O2S.C11H17N3/c1-35(2)21-9-11-23(12-10-21)39-28-27-26-19(18-25(31)38)4-13-24(26)40-29(27)34-30(33-28)32-20-5-7-22(8-6-20)37-16-14-36(3)15-17-37;1-34(2)21-9-11-23(12-10-21)39-28-27-26-19(18-25(37)38)4-13-24(26)40-29(27)33-30(32-28)31-20-5-7-22(8-6-20)36-16-14-35(3)15-17-36;1-11(25)10-12-4-9-15-16(12)17-18(22-20(21)23-19(17)27-15)26-14-7-5-13(6-8-14)24(2)3;1-13-6-8-14(9-7-13)11-4-2-10(12)3-5-11/h5-8,19,21,23H,4,9-18H2,1-3H3,(H2,31,38)(H,32,33,34);5-8,19,21,23H,4,9-18H2,1-3H3,(H,37,38)(H,31,32,33);12-14H,4-10H2,1-3H3;2-5H,6-9,12H2,1H3/t2*19-,21?,23?;12-,13?,14?;/m111./s1. The number of Topliss-reactive ketones (excluding diaryl/α,β-unsaturated/α-hetero) is 1. The molecule has 6 aliphatic carbocycles. The van der Waals surface area contributed by atoms with Crippen molar-refractivity contribution in [3.05, 3.63) is 109 Å². The van der Waals surface area contributed by atoms with Crippen LogP contribution < -0.4 is 51.0 Å². The van der Waals surface area contributed by atoms with Crippen molar-refractivity contribution in [2.45, 2.75) is 196 Å². The van der Waals surface area contributed by atoms with Gasteiger partial charge in [0.1, 0.15) is 38.6 Å². The van der Waals surface area contributed by atoms with E-state index in [1.807, 2.05) is 12.1 Å². The van der Waals surface area contributed by atoms with Gasteiger partial charge in [-0.15, -0.1) is 34.0 Å². The lowest BCUT2D eigenvalue weighted by Crippen LogP contribution is -2.44. The number of aromatic nitrogens is 6. The SMILES string of the molecule is CC(=O)C[C@H]1CCc2sc3nc(Cl)nc(OC4CCC(N(C)C)CC4)c3c21.CN1CCN(c2ccc(N)cc2)CC1.CN1CCN(c2ccc(Nc3nc(OC4CCC(N(C)C)CC4)c4c5c(sc4n3)CC[C@@H]5CC(=O)O)cc2)CC1.CN1CCN(c2ccc(Nc3nc(OC4CCC(N(C)C)CC4)c4c5c(sc4n3)CC[C@@H]5CC(N)=O)cc2)CC1. The fraction of sp³-hybridized carbons (Fsp3) is 0.571. The molecule has 0 spiro atoms. The molecule has 0 bridgehead atoms. The third-order valence-electron chi connectivity index (χ3n) is 26.4. The Morgan fingerprint density at radius 1 is 0.438 bits per heavy atom. The number of thiophene rings is 3. The summed E-state index contributed by atoms with van der Waals surface area (Å²) in [6.45, 7) is 14.6. The smallest absolute Gasteiger partial charge is 0.303 e. The summed E-state index contributed by atoms with van der Waals surface area (Å²) >= 11 is 11.2. The van der Waals surface area contributed by atoms with Gasteiger partial charge in [0.05, 0.1) is 22.6 Å². The number of piperazine rings is 3. The number of amides is 1. The zero-order valence-electron chi connectivity index (χ0n) is 72.3. The summed E-state index contributed by atoms with van der Waals surface area (Å²) in [5.41, 5.74) is 21.3. The lowest BCUT2D eigenvalue weighted by Gasteiger charge is -2.34. The number of nitrogen functional groups attached to an aromatic ring is 1. The van der Waals surface area contributed by atoms with E-state index in [0.717, 1.165) is 247 Å². The molecule has 7 N–H and O–H groups in total. The number of nitrogens with zero attached hydrogens (tertiary/aromatic N) is 15. The van der Waals surface area contributed by atoms with Crippen LogP contribution in [-0.2, 0) is 33.6 Å². The van der Waals surface area contributed by atoms with Crippen LogP contribution in [0.5, 0.6) is 17.6 Å². The minimum atomic E-state index is -0.763. The van der Waals surface area contributed by atoms with E-state index < -0.39 is 5.97 Å². The highest BCUT2D eigenvalue weighted by Gasteiger charge is 2.38. The summed E-state index contributed by atoms with van der Waals surface area (Å²) < 4.78 is 19.7. The number of carbonyl (C=O) groups is 3. The average molecular weight is 1730 g/mol. The molecule has 0 unspecified atom stereocenters. The molecule has 18 rings (SSSR count). The van der Waals surface area contributed by atoms with Crippen molar-refractivity contribution in [3.63, 3.8) is 0 Å². The van der Waals surface area contributed by atoms with Gasteiger partial charge in [-0.2, -0.15) is 15.0 Å². The molecule has 3 saturated heterocycles. The number of ketones is 1. The number of fused-ring (bicyclic) bond motifs is 9. The highest BCUT2D eigenvalue weighted by molar-refractivity contribution is 7.19. The van der Waals surface area contributed by atoms with Crippen molar-refractivity contribution < 1.29 is 33.7 Å². The van der Waals surface area contributed by atoms with Gasteiger partial charge < -0.3 is 90.3 Å². The van der Waals surface area contributed by atoms with E-state index in [4.69, 9.17) is 57.2 Å². The fourth-order valence-corrected chi connectivity index (χ4v) is 23.2. The summed E-state index contributed by atoms with van der Waals surface area (Å²) in [7, 11) is 19.4. The van der Waals surface area contributed by atoms with Crippen LogP contribution in [0.1, 0.15) is 172 Å². The van der Waals surface area contributed by atoms with Crippen LogP contribution in [0.3, 0.4) is 0 Å².